The van der Waals surface area contributed by atoms with Gasteiger partial charge >= 0.3 is 0 Å². The van der Waals surface area contributed by atoms with Crippen molar-refractivity contribution in [2.24, 2.45) is 4.99 Å². The Labute approximate surface area is 184 Å². The zero-order valence-corrected chi connectivity index (χ0v) is 19.3. The van der Waals surface area contributed by atoms with Gasteiger partial charge in [0, 0.05) is 32.3 Å². The van der Waals surface area contributed by atoms with Crippen molar-refractivity contribution in [2.45, 2.75) is 18.2 Å². The Hall–Kier alpha value is -1.65. The highest BCUT2D eigenvalue weighted by atomic mass is 127. The van der Waals surface area contributed by atoms with E-state index in [-0.39, 0.29) is 42.3 Å². The monoisotopic (exact) mass is 517 g/mol. The van der Waals surface area contributed by atoms with Crippen LogP contribution in [0, 0.1) is 0 Å². The van der Waals surface area contributed by atoms with Gasteiger partial charge in [0.05, 0.1) is 12.4 Å². The number of aliphatic hydroxyl groups is 1. The first kappa shape index (κ1) is 24.4. The summed E-state index contributed by atoms with van der Waals surface area (Å²) in [7, 11) is -1.33. The molecule has 0 spiro atoms. The van der Waals surface area contributed by atoms with E-state index < -0.39 is 9.84 Å². The Kier molecular flexibility index (Phi) is 10.5. The quantitative estimate of drug-likeness (QED) is 0.284. The van der Waals surface area contributed by atoms with Crippen molar-refractivity contribution in [2.75, 3.05) is 26.5 Å². The summed E-state index contributed by atoms with van der Waals surface area (Å²) in [6.07, 6.45) is 1.23. The molecule has 0 fully saturated rings. The highest BCUT2D eigenvalue weighted by Gasteiger charge is 2.11. The van der Waals surface area contributed by atoms with Crippen LogP contribution in [0.5, 0.6) is 0 Å². The van der Waals surface area contributed by atoms with Crippen LogP contribution >= 0.6 is 24.0 Å². The largest absolute Gasteiger partial charge is 0.396 e. The molecule has 0 saturated heterocycles. The van der Waals surface area contributed by atoms with Crippen molar-refractivity contribution < 1.29 is 13.5 Å². The fraction of sp³-hybridized carbons (Fsp3) is 0.350. The second kappa shape index (κ2) is 12.0. The number of guanidine groups is 1. The van der Waals surface area contributed by atoms with E-state index in [4.69, 9.17) is 0 Å². The summed E-state index contributed by atoms with van der Waals surface area (Å²) >= 11 is 0. The summed E-state index contributed by atoms with van der Waals surface area (Å²) < 4.78 is 22.7. The van der Waals surface area contributed by atoms with Gasteiger partial charge in [-0.05, 0) is 16.7 Å². The predicted octanol–water partition coefficient (Wildman–Crippen LogP) is 2.29. The van der Waals surface area contributed by atoms with Gasteiger partial charge in [-0.3, -0.25) is 4.99 Å². The fourth-order valence-electron chi connectivity index (χ4n) is 2.70. The first-order chi connectivity index (χ1) is 12.9. The summed E-state index contributed by atoms with van der Waals surface area (Å²) in [5, 5.41) is 16.1. The van der Waals surface area contributed by atoms with Crippen molar-refractivity contribution in [1.29, 1.82) is 0 Å². The molecule has 0 amide bonds. The van der Waals surface area contributed by atoms with Crippen molar-refractivity contribution in [1.82, 2.24) is 10.6 Å². The second-order valence-corrected chi connectivity index (χ2v) is 8.62. The Morgan fingerprint density at radius 2 is 1.64 bits per heavy atom. The van der Waals surface area contributed by atoms with Crippen molar-refractivity contribution >= 4 is 39.8 Å². The molecule has 2 aromatic rings. The number of nitrogens with zero attached hydrogens (tertiary/aromatic N) is 1. The number of nitrogens with one attached hydrogen (secondary N) is 2. The van der Waals surface area contributed by atoms with Crippen LogP contribution in [0.25, 0.3) is 0 Å². The van der Waals surface area contributed by atoms with E-state index in [0.717, 1.165) is 16.7 Å². The minimum atomic E-state index is -3.03. The van der Waals surface area contributed by atoms with E-state index >= 15 is 0 Å². The number of halogens is 1. The molecule has 0 heterocycles. The molecule has 0 aliphatic carbocycles. The van der Waals surface area contributed by atoms with Gasteiger partial charge in [-0.1, -0.05) is 54.6 Å². The number of benzene rings is 2. The van der Waals surface area contributed by atoms with Crippen molar-refractivity contribution in [3.63, 3.8) is 0 Å². The number of aliphatic imine (C=N–C) groups is 1. The van der Waals surface area contributed by atoms with Crippen LogP contribution in [0.15, 0.2) is 59.6 Å². The average molecular weight is 517 g/mol. The van der Waals surface area contributed by atoms with Crippen LogP contribution in [0.3, 0.4) is 0 Å². The van der Waals surface area contributed by atoms with Crippen molar-refractivity contribution in [3.8, 4) is 0 Å². The van der Waals surface area contributed by atoms with Crippen LogP contribution in [0.1, 0.15) is 22.6 Å². The van der Waals surface area contributed by atoms with Gasteiger partial charge in [-0.2, -0.15) is 0 Å². The van der Waals surface area contributed by atoms with E-state index in [1.54, 1.807) is 7.05 Å². The molecule has 28 heavy (non-hydrogen) atoms. The molecule has 2 rings (SSSR count). The molecule has 0 aromatic heterocycles. The molecular weight excluding hydrogens is 489 g/mol. The summed E-state index contributed by atoms with van der Waals surface area (Å²) in [6.45, 7) is 1.18. The molecular formula is C20H28IN3O3S. The molecule has 2 aromatic carbocycles. The first-order valence-electron chi connectivity index (χ1n) is 8.77. The van der Waals surface area contributed by atoms with Crippen LogP contribution in [0.4, 0.5) is 0 Å². The lowest BCUT2D eigenvalue weighted by atomic mass is 10.0. The molecule has 0 bridgehead atoms. The summed E-state index contributed by atoms with van der Waals surface area (Å²) in [5.74, 6) is 0.677. The van der Waals surface area contributed by atoms with Gasteiger partial charge in [0.15, 0.2) is 15.8 Å². The van der Waals surface area contributed by atoms with E-state index in [1.807, 2.05) is 54.6 Å². The van der Waals surface area contributed by atoms with E-state index in [9.17, 15) is 13.5 Å². The van der Waals surface area contributed by atoms with Gasteiger partial charge in [-0.25, -0.2) is 8.42 Å². The molecule has 8 heteroatoms. The molecule has 0 saturated carbocycles. The maximum absolute atomic E-state index is 11.3. The summed E-state index contributed by atoms with van der Waals surface area (Å²) in [6, 6.07) is 17.3. The number of hydrogen-bond donors (Lipinski definition) is 3. The van der Waals surface area contributed by atoms with E-state index in [2.05, 4.69) is 15.6 Å². The maximum atomic E-state index is 11.3. The Balaban J connectivity index is 0.00000392. The fourth-order valence-corrected chi connectivity index (χ4v) is 3.49. The second-order valence-electron chi connectivity index (χ2n) is 6.48. The van der Waals surface area contributed by atoms with Gasteiger partial charge in [0.25, 0.3) is 0 Å². The topological polar surface area (TPSA) is 90.8 Å². The van der Waals surface area contributed by atoms with Gasteiger partial charge < -0.3 is 15.7 Å². The van der Waals surface area contributed by atoms with Gasteiger partial charge in [0.2, 0.25) is 0 Å². The molecule has 0 aliphatic rings. The van der Waals surface area contributed by atoms with Gasteiger partial charge in [-0.15, -0.1) is 24.0 Å². The third kappa shape index (κ3) is 8.57. The Bertz CT molecular complexity index is 841. The lowest BCUT2D eigenvalue weighted by Gasteiger charge is -2.18. The molecule has 3 N–H and O–H groups in total. The predicted molar refractivity (Wildman–Crippen MR) is 125 cm³/mol. The minimum Gasteiger partial charge on any atom is -0.396 e. The SMILES string of the molecule is CN=C(NCc1ccc(CS(C)(=O)=O)cc1)NCC(CO)c1ccccc1.I. The smallest absolute Gasteiger partial charge is 0.191 e. The molecule has 154 valence electrons. The maximum Gasteiger partial charge on any atom is 0.191 e. The van der Waals surface area contributed by atoms with E-state index in [1.165, 1.54) is 6.26 Å². The zero-order valence-electron chi connectivity index (χ0n) is 16.1. The van der Waals surface area contributed by atoms with Crippen LogP contribution in [0.2, 0.25) is 0 Å². The number of sulfone groups is 1. The number of hydrogen-bond acceptors (Lipinski definition) is 4. The molecule has 1 unspecified atom stereocenters. The summed E-state index contributed by atoms with van der Waals surface area (Å²) in [4.78, 5) is 4.20. The Morgan fingerprint density at radius 1 is 1.04 bits per heavy atom. The van der Waals surface area contributed by atoms with Crippen molar-refractivity contribution in [3.05, 3.63) is 71.3 Å². The first-order valence-corrected chi connectivity index (χ1v) is 10.8. The van der Waals surface area contributed by atoms with Crippen LogP contribution < -0.4 is 10.6 Å². The lowest BCUT2D eigenvalue weighted by Crippen LogP contribution is -2.39. The van der Waals surface area contributed by atoms with Gasteiger partial charge in [0.1, 0.15) is 0 Å². The third-order valence-corrected chi connectivity index (χ3v) is 5.00. The molecule has 1 atom stereocenters. The molecule has 0 radical (unpaired) electrons. The lowest BCUT2D eigenvalue weighted by molar-refractivity contribution is 0.265. The standard InChI is InChI=1S/C20H27N3O3S.HI/c1-21-20(23-13-19(14-24)18-6-4-3-5-7-18)22-12-16-8-10-17(11-9-16)15-27(2,25)26;/h3-11,19,24H,12-15H2,1-2H3,(H2,21,22,23);1H. The highest BCUT2D eigenvalue weighted by Crippen LogP contribution is 2.13. The number of aliphatic hydroxyl groups excluding tert-OH is 1. The summed E-state index contributed by atoms with van der Waals surface area (Å²) in [5.41, 5.74) is 2.87. The Morgan fingerprint density at radius 3 is 2.18 bits per heavy atom. The zero-order chi connectivity index (χ0) is 19.7. The highest BCUT2D eigenvalue weighted by molar-refractivity contribution is 14.0. The molecule has 6 nitrogen and oxygen atoms in total. The number of rotatable bonds is 8. The minimum absolute atomic E-state index is 0. The van der Waals surface area contributed by atoms with Crippen LogP contribution in [-0.2, 0) is 22.1 Å². The average Bonchev–Trinajstić information content (AvgIpc) is 2.65. The van der Waals surface area contributed by atoms with E-state index in [0.29, 0.717) is 19.0 Å². The van der Waals surface area contributed by atoms with Crippen LogP contribution in [-0.4, -0.2) is 45.9 Å². The normalized spacial score (nSPS) is 12.8. The molecule has 0 aliphatic heterocycles. The third-order valence-electron chi connectivity index (χ3n) is 4.14.